The zero-order valence-electron chi connectivity index (χ0n) is 15.1. The number of carbonyl (C=O) groups is 2. The van der Waals surface area contributed by atoms with E-state index in [1.807, 2.05) is 0 Å². The topological polar surface area (TPSA) is 120 Å². The summed E-state index contributed by atoms with van der Waals surface area (Å²) in [5.41, 5.74) is 0. The van der Waals surface area contributed by atoms with Gasteiger partial charge in [-0.3, -0.25) is 10.2 Å². The van der Waals surface area contributed by atoms with Gasteiger partial charge < -0.3 is 25.0 Å². The minimum absolute atomic E-state index is 0.266. The van der Waals surface area contributed by atoms with Gasteiger partial charge in [0.1, 0.15) is 12.2 Å². The highest BCUT2D eigenvalue weighted by atomic mass is 19.1. The number of rotatable bonds is 4. The number of amides is 3. The molecule has 0 bridgehead atoms. The fourth-order valence-corrected chi connectivity index (χ4v) is 3.59. The van der Waals surface area contributed by atoms with Crippen LogP contribution in [0.2, 0.25) is 0 Å². The average Bonchev–Trinajstić information content (AvgIpc) is 2.91. The third-order valence-corrected chi connectivity index (χ3v) is 5.23. The van der Waals surface area contributed by atoms with Crippen LogP contribution < -0.4 is 10.6 Å². The molecule has 0 aromatic rings. The zero-order chi connectivity index (χ0) is 19.6. The minimum Gasteiger partial charge on any atom is -0.449 e. The maximum Gasteiger partial charge on any atom is 0.409 e. The Hall–Kier alpha value is -1.91. The summed E-state index contributed by atoms with van der Waals surface area (Å²) in [6.45, 7) is 1.80. The first-order chi connectivity index (χ1) is 12.9. The fourth-order valence-electron chi connectivity index (χ4n) is 3.59. The zero-order valence-corrected chi connectivity index (χ0v) is 15.1. The van der Waals surface area contributed by atoms with Gasteiger partial charge in [-0.05, 0) is 25.7 Å². The Kier molecular flexibility index (Phi) is 6.18. The molecule has 1 aliphatic carbocycles. The number of aliphatic hydroxyl groups excluding tert-OH is 2. The summed E-state index contributed by atoms with van der Waals surface area (Å²) in [7, 11) is 0. The van der Waals surface area contributed by atoms with Gasteiger partial charge in [-0.2, -0.15) is 0 Å². The van der Waals surface area contributed by atoms with Gasteiger partial charge in [0.2, 0.25) is 0 Å². The van der Waals surface area contributed by atoms with Crippen LogP contribution in [0.1, 0.15) is 39.0 Å². The van der Waals surface area contributed by atoms with E-state index in [4.69, 9.17) is 9.47 Å². The summed E-state index contributed by atoms with van der Waals surface area (Å²) in [6, 6.07) is -0.778. The maximum absolute atomic E-state index is 14.3. The quantitative estimate of drug-likeness (QED) is 0.569. The summed E-state index contributed by atoms with van der Waals surface area (Å²) in [5, 5.41) is 24.2. The molecule has 0 aromatic carbocycles. The standard InChI is InChI=1S/C17H26FN3O6/c1-9-12(22)13(23)15(27-9)21-7-11(18)14(19-16(21)24)20-17(25)26-8-10-5-3-2-4-6-10/h7,9-10,12-15,22-23H,2-6,8H2,1H3,(H,19,24)(H,20,25)/t9-,12-,13-,14?,15-/m1/s1. The highest BCUT2D eigenvalue weighted by Crippen LogP contribution is 2.27. The van der Waals surface area contributed by atoms with E-state index < -0.39 is 48.7 Å². The minimum atomic E-state index is -1.38. The van der Waals surface area contributed by atoms with E-state index in [2.05, 4.69) is 10.6 Å². The van der Waals surface area contributed by atoms with Crippen LogP contribution in [0.4, 0.5) is 14.0 Å². The lowest BCUT2D eigenvalue weighted by Crippen LogP contribution is -2.58. The largest absolute Gasteiger partial charge is 0.449 e. The monoisotopic (exact) mass is 387 g/mol. The van der Waals surface area contributed by atoms with Crippen molar-refractivity contribution in [3.8, 4) is 0 Å². The van der Waals surface area contributed by atoms with Gasteiger partial charge in [0.25, 0.3) is 0 Å². The Balaban J connectivity index is 1.54. The Morgan fingerprint density at radius 2 is 2.07 bits per heavy atom. The highest BCUT2D eigenvalue weighted by molar-refractivity contribution is 5.79. The Morgan fingerprint density at radius 3 is 2.70 bits per heavy atom. The van der Waals surface area contributed by atoms with Gasteiger partial charge in [0, 0.05) is 6.20 Å². The second-order valence-corrected chi connectivity index (χ2v) is 7.26. The molecular formula is C17H26FN3O6. The molecule has 1 unspecified atom stereocenters. The van der Waals surface area contributed by atoms with Crippen molar-refractivity contribution in [2.45, 2.75) is 69.7 Å². The van der Waals surface area contributed by atoms with Crippen LogP contribution >= 0.6 is 0 Å². The Morgan fingerprint density at radius 1 is 1.37 bits per heavy atom. The second kappa shape index (κ2) is 8.41. The number of halogens is 1. The number of alkyl carbamates (subject to hydrolysis) is 1. The van der Waals surface area contributed by atoms with Crippen LogP contribution in [0.5, 0.6) is 0 Å². The number of urea groups is 1. The smallest absolute Gasteiger partial charge is 0.409 e. The first-order valence-corrected chi connectivity index (χ1v) is 9.27. The van der Waals surface area contributed by atoms with E-state index in [1.165, 1.54) is 13.3 Å². The molecule has 1 saturated carbocycles. The van der Waals surface area contributed by atoms with Crippen LogP contribution in [0, 0.1) is 5.92 Å². The average molecular weight is 387 g/mol. The Bertz CT molecular complexity index is 597. The molecule has 152 valence electrons. The molecule has 3 rings (SSSR count). The molecule has 2 fully saturated rings. The van der Waals surface area contributed by atoms with Crippen LogP contribution in [0.3, 0.4) is 0 Å². The van der Waals surface area contributed by atoms with Gasteiger partial charge in [-0.25, -0.2) is 14.0 Å². The molecule has 0 aromatic heterocycles. The number of ether oxygens (including phenoxy) is 2. The predicted molar refractivity (Wildman–Crippen MR) is 90.8 cm³/mol. The molecule has 4 N–H and O–H groups in total. The van der Waals surface area contributed by atoms with Crippen molar-refractivity contribution in [3.05, 3.63) is 12.0 Å². The van der Waals surface area contributed by atoms with Crippen molar-refractivity contribution in [2.75, 3.05) is 6.61 Å². The number of nitrogens with one attached hydrogen (secondary N) is 2. The van der Waals surface area contributed by atoms with Crippen molar-refractivity contribution < 1.29 is 33.7 Å². The van der Waals surface area contributed by atoms with Gasteiger partial charge in [0.05, 0.1) is 12.7 Å². The number of hydrogen-bond acceptors (Lipinski definition) is 6. The molecule has 0 radical (unpaired) electrons. The lowest BCUT2D eigenvalue weighted by molar-refractivity contribution is -0.0517. The molecule has 0 spiro atoms. The van der Waals surface area contributed by atoms with E-state index in [-0.39, 0.29) is 6.61 Å². The summed E-state index contributed by atoms with van der Waals surface area (Å²) in [4.78, 5) is 24.9. The van der Waals surface area contributed by atoms with E-state index in [9.17, 15) is 24.2 Å². The summed E-state index contributed by atoms with van der Waals surface area (Å²) in [5.74, 6) is -0.537. The lowest BCUT2D eigenvalue weighted by atomic mass is 9.90. The maximum atomic E-state index is 14.3. The highest BCUT2D eigenvalue weighted by Gasteiger charge is 2.46. The second-order valence-electron chi connectivity index (χ2n) is 7.26. The van der Waals surface area contributed by atoms with Gasteiger partial charge in [-0.15, -0.1) is 0 Å². The van der Waals surface area contributed by atoms with Gasteiger partial charge in [0.15, 0.2) is 18.2 Å². The van der Waals surface area contributed by atoms with Crippen molar-refractivity contribution in [1.29, 1.82) is 0 Å². The molecule has 3 amide bonds. The third kappa shape index (κ3) is 4.50. The van der Waals surface area contributed by atoms with Crippen LogP contribution in [0.25, 0.3) is 0 Å². The Labute approximate surface area is 156 Å². The normalized spacial score (nSPS) is 34.8. The van der Waals surface area contributed by atoms with Crippen LogP contribution in [0.15, 0.2) is 12.0 Å². The molecule has 3 aliphatic rings. The molecule has 9 nitrogen and oxygen atoms in total. The van der Waals surface area contributed by atoms with Crippen molar-refractivity contribution in [3.63, 3.8) is 0 Å². The van der Waals surface area contributed by atoms with E-state index >= 15 is 0 Å². The van der Waals surface area contributed by atoms with Crippen molar-refractivity contribution in [1.82, 2.24) is 15.5 Å². The summed E-state index contributed by atoms with van der Waals surface area (Å²) >= 11 is 0. The van der Waals surface area contributed by atoms with Crippen LogP contribution in [-0.2, 0) is 9.47 Å². The first-order valence-electron chi connectivity index (χ1n) is 9.27. The number of aliphatic hydroxyl groups is 2. The number of hydrogen-bond donors (Lipinski definition) is 4. The first kappa shape index (κ1) is 19.8. The summed E-state index contributed by atoms with van der Waals surface area (Å²) < 4.78 is 24.8. The molecule has 5 atom stereocenters. The SMILES string of the molecule is C[C@H]1O[C@@H](N2C=C(F)C(NC(=O)OCC3CCCCC3)NC2=O)[C@H](O)[C@@H]1O. The molecule has 27 heavy (non-hydrogen) atoms. The van der Waals surface area contributed by atoms with Crippen molar-refractivity contribution >= 4 is 12.1 Å². The molecule has 2 aliphatic heterocycles. The lowest BCUT2D eigenvalue weighted by Gasteiger charge is -2.33. The number of carbonyl (C=O) groups excluding carboxylic acids is 2. The van der Waals surface area contributed by atoms with Crippen molar-refractivity contribution in [2.24, 2.45) is 5.92 Å². The van der Waals surface area contributed by atoms with E-state index in [0.717, 1.165) is 36.8 Å². The third-order valence-electron chi connectivity index (χ3n) is 5.23. The molecular weight excluding hydrogens is 361 g/mol. The molecule has 1 saturated heterocycles. The van der Waals surface area contributed by atoms with Gasteiger partial charge in [-0.1, -0.05) is 19.3 Å². The fraction of sp³-hybridized carbons (Fsp3) is 0.765. The molecule has 2 heterocycles. The van der Waals surface area contributed by atoms with Crippen LogP contribution in [-0.4, -0.2) is 64.5 Å². The van der Waals surface area contributed by atoms with E-state index in [1.54, 1.807) is 0 Å². The number of nitrogens with zero attached hydrogens (tertiary/aromatic N) is 1. The molecule has 10 heteroatoms. The predicted octanol–water partition coefficient (Wildman–Crippen LogP) is 0.922. The van der Waals surface area contributed by atoms with E-state index in [0.29, 0.717) is 5.92 Å². The van der Waals surface area contributed by atoms with Gasteiger partial charge >= 0.3 is 12.1 Å². The summed E-state index contributed by atoms with van der Waals surface area (Å²) in [6.07, 6.45) is -0.410.